The first-order valence-electron chi connectivity index (χ1n) is 10.3. The van der Waals surface area contributed by atoms with E-state index in [2.05, 4.69) is 32.7 Å². The van der Waals surface area contributed by atoms with E-state index >= 15 is 0 Å². The highest BCUT2D eigenvalue weighted by atomic mass is 16.3. The average molecular weight is 439 g/mol. The van der Waals surface area contributed by atoms with Crippen molar-refractivity contribution in [2.45, 2.75) is 6.54 Å². The summed E-state index contributed by atoms with van der Waals surface area (Å²) in [7, 11) is 1.97. The lowest BCUT2D eigenvalue weighted by Crippen LogP contribution is -2.18. The molecular weight excluding hydrogens is 418 g/mol. The Kier molecular flexibility index (Phi) is 5.19. The predicted molar refractivity (Wildman–Crippen MR) is 125 cm³/mol. The second kappa shape index (κ2) is 8.46. The van der Waals surface area contributed by atoms with Crippen LogP contribution in [0.2, 0.25) is 0 Å². The summed E-state index contributed by atoms with van der Waals surface area (Å²) in [6, 6.07) is 20.0. The minimum Gasteiger partial charge on any atom is -0.508 e. The highest BCUT2D eigenvalue weighted by Crippen LogP contribution is 2.25. The lowest BCUT2D eigenvalue weighted by atomic mass is 10.2. The minimum atomic E-state index is -0.400. The van der Waals surface area contributed by atoms with Gasteiger partial charge in [0.15, 0.2) is 11.3 Å². The molecule has 0 spiro atoms. The number of carbonyl (C=O) groups excluding carboxylic acids is 1. The first-order chi connectivity index (χ1) is 16.1. The number of fused-ring (bicyclic) bond motifs is 1. The summed E-state index contributed by atoms with van der Waals surface area (Å²) < 4.78 is 1.63. The number of phenols is 1. The van der Waals surface area contributed by atoms with E-state index in [0.29, 0.717) is 17.9 Å². The van der Waals surface area contributed by atoms with Crippen LogP contribution in [-0.2, 0) is 6.54 Å². The molecule has 9 heteroatoms. The van der Waals surface area contributed by atoms with Gasteiger partial charge in [0.1, 0.15) is 11.6 Å². The molecule has 2 aromatic carbocycles. The normalized spacial score (nSPS) is 10.9. The second-order valence-corrected chi connectivity index (χ2v) is 7.63. The summed E-state index contributed by atoms with van der Waals surface area (Å²) in [5.74, 6) is 0.406. The maximum Gasteiger partial charge on any atom is 0.276 e. The van der Waals surface area contributed by atoms with E-state index in [1.807, 2.05) is 36.2 Å². The summed E-state index contributed by atoms with van der Waals surface area (Å²) in [6.07, 6.45) is 3.47. The summed E-state index contributed by atoms with van der Waals surface area (Å²) in [4.78, 5) is 19.6. The largest absolute Gasteiger partial charge is 0.508 e. The van der Waals surface area contributed by atoms with Crippen LogP contribution in [0.3, 0.4) is 0 Å². The lowest BCUT2D eigenvalue weighted by molar-refractivity contribution is 0.102. The average Bonchev–Trinajstić information content (AvgIpc) is 3.49. The number of rotatable bonds is 6. The van der Waals surface area contributed by atoms with Crippen molar-refractivity contribution in [3.05, 3.63) is 90.4 Å². The number of hydrogen-bond donors (Lipinski definition) is 3. The van der Waals surface area contributed by atoms with Crippen LogP contribution in [0.15, 0.2) is 79.1 Å². The van der Waals surface area contributed by atoms with Crippen molar-refractivity contribution in [1.82, 2.24) is 24.8 Å². The molecule has 0 saturated carbocycles. The topological polar surface area (TPSA) is 111 Å². The minimum absolute atomic E-state index is 0.0674. The molecule has 3 aromatic heterocycles. The summed E-state index contributed by atoms with van der Waals surface area (Å²) in [6.45, 7) is 0.674. The molecule has 3 heterocycles. The number of aromatic nitrogens is 5. The fourth-order valence-corrected chi connectivity index (χ4v) is 3.58. The predicted octanol–water partition coefficient (Wildman–Crippen LogP) is 3.71. The van der Waals surface area contributed by atoms with Crippen LogP contribution >= 0.6 is 0 Å². The molecule has 0 aliphatic carbocycles. The van der Waals surface area contributed by atoms with E-state index in [0.717, 1.165) is 22.6 Å². The van der Waals surface area contributed by atoms with Crippen LogP contribution in [-0.4, -0.2) is 42.9 Å². The van der Waals surface area contributed by atoms with Crippen molar-refractivity contribution in [3.63, 3.8) is 0 Å². The third-order valence-corrected chi connectivity index (χ3v) is 5.20. The van der Waals surface area contributed by atoms with Crippen molar-refractivity contribution >= 4 is 23.1 Å². The molecular formula is C24H21N7O2. The molecule has 0 aliphatic heterocycles. The quantitative estimate of drug-likeness (QED) is 0.372. The van der Waals surface area contributed by atoms with Gasteiger partial charge in [0.2, 0.25) is 0 Å². The molecule has 0 fully saturated rings. The Balaban J connectivity index is 1.52. The zero-order valence-corrected chi connectivity index (χ0v) is 17.8. The molecule has 33 heavy (non-hydrogen) atoms. The fourth-order valence-electron chi connectivity index (χ4n) is 3.58. The number of H-pyrrole nitrogens is 1. The fraction of sp³-hybridized carbons (Fsp3) is 0.0833. The van der Waals surface area contributed by atoms with Crippen LogP contribution in [0.4, 0.5) is 11.5 Å². The van der Waals surface area contributed by atoms with Gasteiger partial charge in [0.25, 0.3) is 5.91 Å². The summed E-state index contributed by atoms with van der Waals surface area (Å²) in [5.41, 5.74) is 3.94. The van der Waals surface area contributed by atoms with Crippen LogP contribution in [0.1, 0.15) is 16.1 Å². The number of amides is 1. The van der Waals surface area contributed by atoms with E-state index in [1.165, 1.54) is 12.1 Å². The third kappa shape index (κ3) is 4.24. The van der Waals surface area contributed by atoms with E-state index in [-0.39, 0.29) is 11.4 Å². The Labute approximate surface area is 189 Å². The third-order valence-electron chi connectivity index (χ3n) is 5.20. The van der Waals surface area contributed by atoms with Gasteiger partial charge in [0.05, 0.1) is 11.9 Å². The Bertz CT molecular complexity index is 1410. The van der Waals surface area contributed by atoms with Gasteiger partial charge < -0.3 is 15.3 Å². The first kappa shape index (κ1) is 20.3. The van der Waals surface area contributed by atoms with Crippen LogP contribution < -0.4 is 10.2 Å². The maximum absolute atomic E-state index is 12.8. The summed E-state index contributed by atoms with van der Waals surface area (Å²) >= 11 is 0. The zero-order chi connectivity index (χ0) is 22.8. The number of aromatic hydroxyl groups is 1. The van der Waals surface area contributed by atoms with Crippen molar-refractivity contribution in [3.8, 4) is 17.0 Å². The molecule has 0 bridgehead atoms. The Morgan fingerprint density at radius 3 is 2.73 bits per heavy atom. The number of benzene rings is 2. The highest BCUT2D eigenvalue weighted by Gasteiger charge is 2.18. The molecule has 0 unspecified atom stereocenters. The number of carbonyl (C=O) groups is 1. The van der Waals surface area contributed by atoms with Crippen LogP contribution in [0.5, 0.6) is 5.75 Å². The zero-order valence-electron chi connectivity index (χ0n) is 17.8. The number of phenolic OH excluding ortho intramolecular Hbond substituents is 1. The number of aromatic amines is 1. The molecule has 1 amide bonds. The number of nitrogens with zero attached hydrogens (tertiary/aromatic N) is 5. The Morgan fingerprint density at radius 2 is 1.97 bits per heavy atom. The number of nitrogens with one attached hydrogen (secondary N) is 2. The van der Waals surface area contributed by atoms with Crippen molar-refractivity contribution < 1.29 is 9.90 Å². The number of hydrogen-bond acceptors (Lipinski definition) is 6. The molecule has 5 aromatic rings. The van der Waals surface area contributed by atoms with Gasteiger partial charge in [-0.2, -0.15) is 10.2 Å². The van der Waals surface area contributed by atoms with E-state index in [1.54, 1.807) is 35.1 Å². The molecule has 5 rings (SSSR count). The molecule has 3 N–H and O–H groups in total. The van der Waals surface area contributed by atoms with Crippen molar-refractivity contribution in [2.24, 2.45) is 0 Å². The smallest absolute Gasteiger partial charge is 0.276 e. The van der Waals surface area contributed by atoms with Crippen LogP contribution in [0.25, 0.3) is 16.9 Å². The monoisotopic (exact) mass is 439 g/mol. The van der Waals surface area contributed by atoms with Gasteiger partial charge >= 0.3 is 0 Å². The Morgan fingerprint density at radius 1 is 1.12 bits per heavy atom. The van der Waals surface area contributed by atoms with Gasteiger partial charge in [-0.3, -0.25) is 9.89 Å². The van der Waals surface area contributed by atoms with Crippen molar-refractivity contribution in [1.29, 1.82) is 0 Å². The first-order valence-corrected chi connectivity index (χ1v) is 10.3. The molecule has 0 atom stereocenters. The van der Waals surface area contributed by atoms with E-state index < -0.39 is 5.91 Å². The molecule has 0 radical (unpaired) electrons. The van der Waals surface area contributed by atoms with Gasteiger partial charge in [-0.25, -0.2) is 9.50 Å². The molecule has 9 nitrogen and oxygen atoms in total. The van der Waals surface area contributed by atoms with E-state index in [9.17, 15) is 9.90 Å². The Hall–Kier alpha value is -4.66. The highest BCUT2D eigenvalue weighted by molar-refractivity contribution is 6.03. The molecule has 0 saturated heterocycles. The summed E-state index contributed by atoms with van der Waals surface area (Å²) in [5, 5.41) is 23.8. The van der Waals surface area contributed by atoms with Gasteiger partial charge in [-0.05, 0) is 17.7 Å². The maximum atomic E-state index is 12.8. The molecule has 0 aliphatic rings. The van der Waals surface area contributed by atoms with Gasteiger partial charge in [-0.15, -0.1) is 0 Å². The SMILES string of the molecule is CN(Cc1ccccc1)c1cc(-c2cn[nH]c2)n2nc(C(=O)Nc3cccc(O)c3)cc2n1. The number of anilines is 2. The van der Waals surface area contributed by atoms with Crippen LogP contribution in [0, 0.1) is 0 Å². The lowest BCUT2D eigenvalue weighted by Gasteiger charge is -2.19. The van der Waals surface area contributed by atoms with Gasteiger partial charge in [-0.1, -0.05) is 36.4 Å². The van der Waals surface area contributed by atoms with E-state index in [4.69, 9.17) is 4.98 Å². The van der Waals surface area contributed by atoms with Crippen molar-refractivity contribution in [2.75, 3.05) is 17.3 Å². The standard InChI is InChI=1S/C24H21N7O2/c1-30(15-16-6-3-2-4-7-16)22-12-21(17-13-25-26-14-17)31-23(28-22)11-20(29-31)24(33)27-18-8-5-9-19(32)10-18/h2-14,32H,15H2,1H3,(H,25,26)(H,27,33). The molecule has 164 valence electrons. The second-order valence-electron chi connectivity index (χ2n) is 7.63. The van der Waals surface area contributed by atoms with Gasteiger partial charge in [0, 0.05) is 49.2 Å².